The van der Waals surface area contributed by atoms with Crippen LogP contribution in [0.2, 0.25) is 0 Å². The summed E-state index contributed by atoms with van der Waals surface area (Å²) in [5.74, 6) is -1.46. The van der Waals surface area contributed by atoms with E-state index in [0.29, 0.717) is 22.5 Å². The molecule has 0 aliphatic rings. The molecule has 438 valence electrons. The Labute approximate surface area is 535 Å². The molecule has 7 nitrogen and oxygen atoms in total. The summed E-state index contributed by atoms with van der Waals surface area (Å²) in [6, 6.07) is 105. The first-order chi connectivity index (χ1) is 46.4. The van der Waals surface area contributed by atoms with E-state index in [0.717, 1.165) is 160 Å². The minimum Gasteiger partial charge on any atom is -0.309 e. The number of fused-ring (bicyclic) bond motifs is 18. The van der Waals surface area contributed by atoms with Crippen molar-refractivity contribution >= 4 is 131 Å². The lowest BCUT2D eigenvalue weighted by Crippen LogP contribution is -2.07. The van der Waals surface area contributed by atoms with Crippen LogP contribution in [-0.4, -0.2) is 27.4 Å². The summed E-state index contributed by atoms with van der Waals surface area (Å²) in [5.41, 5.74) is 17.6. The molecule has 0 saturated heterocycles. The zero-order valence-corrected chi connectivity index (χ0v) is 50.2. The van der Waals surface area contributed by atoms with Gasteiger partial charge in [0.25, 0.3) is 0 Å². The Morgan fingerprint density at radius 1 is 0.234 bits per heavy atom. The second-order valence-electron chi connectivity index (χ2n) is 24.6. The van der Waals surface area contributed by atoms with E-state index in [1.807, 2.05) is 12.1 Å². The molecule has 9 heteroatoms. The van der Waals surface area contributed by atoms with Crippen molar-refractivity contribution in [2.45, 2.75) is 0 Å². The summed E-state index contributed by atoms with van der Waals surface area (Å²) in [4.78, 5) is 0. The first-order valence-electron chi connectivity index (χ1n) is 31.6. The monoisotopic (exact) mass is 1210 g/mol. The van der Waals surface area contributed by atoms with Crippen LogP contribution in [0.5, 0.6) is 0 Å². The molecule has 14 aromatic carbocycles. The van der Waals surface area contributed by atoms with Gasteiger partial charge in [-0.15, -0.1) is 0 Å². The van der Waals surface area contributed by atoms with Crippen molar-refractivity contribution in [3.05, 3.63) is 314 Å². The largest absolute Gasteiger partial charge is 0.309 e. The molecule has 0 N–H and O–H groups in total. The minimum atomic E-state index is -0.731. The number of hydrogen-bond donors (Lipinski definition) is 0. The van der Waals surface area contributed by atoms with Crippen molar-refractivity contribution < 1.29 is 8.78 Å². The van der Waals surface area contributed by atoms with Crippen molar-refractivity contribution in [2.75, 3.05) is 0 Å². The summed E-state index contributed by atoms with van der Waals surface area (Å²) in [5, 5.41) is 25.6. The molecular weight excluding hydrogens is 1160 g/mol. The molecule has 0 spiro atoms. The first kappa shape index (κ1) is 52.0. The van der Waals surface area contributed by atoms with Crippen molar-refractivity contribution in [1.82, 2.24) is 27.4 Å². The van der Waals surface area contributed by atoms with Crippen molar-refractivity contribution in [3.8, 4) is 51.3 Å². The van der Waals surface area contributed by atoms with Crippen LogP contribution in [-0.2, 0) is 0 Å². The van der Waals surface area contributed by atoms with E-state index < -0.39 is 11.6 Å². The molecule has 0 aliphatic carbocycles. The fourth-order valence-electron chi connectivity index (χ4n) is 15.9. The summed E-state index contributed by atoms with van der Waals surface area (Å²) in [6.45, 7) is 0. The van der Waals surface area contributed by atoms with Gasteiger partial charge >= 0.3 is 0 Å². The molecule has 0 atom stereocenters. The van der Waals surface area contributed by atoms with E-state index in [9.17, 15) is 5.26 Å². The highest BCUT2D eigenvalue weighted by atomic mass is 19.1. The third kappa shape index (κ3) is 7.27. The van der Waals surface area contributed by atoms with Gasteiger partial charge in [-0.1, -0.05) is 176 Å². The molecule has 94 heavy (non-hydrogen) atoms. The number of nitrogens with zero attached hydrogens (tertiary/aromatic N) is 7. The molecule has 0 fully saturated rings. The predicted molar refractivity (Wildman–Crippen MR) is 383 cm³/mol. The van der Waals surface area contributed by atoms with Gasteiger partial charge in [-0.2, -0.15) is 5.26 Å². The Kier molecular flexibility index (Phi) is 10.9. The second-order valence-corrected chi connectivity index (χ2v) is 24.6. The maximum atomic E-state index is 16.2. The van der Waals surface area contributed by atoms with Crippen LogP contribution in [0.3, 0.4) is 0 Å². The van der Waals surface area contributed by atoms with Gasteiger partial charge in [0.05, 0.1) is 77.6 Å². The number of benzene rings is 14. The quantitative estimate of drug-likeness (QED) is 0.157. The maximum Gasteiger partial charge on any atom is 0.126 e. The molecule has 0 aliphatic heterocycles. The molecule has 0 amide bonds. The van der Waals surface area contributed by atoms with Crippen molar-refractivity contribution in [3.63, 3.8) is 0 Å². The zero-order chi connectivity index (χ0) is 62.0. The van der Waals surface area contributed by atoms with Crippen LogP contribution in [0.15, 0.2) is 297 Å². The Morgan fingerprint density at radius 2 is 0.489 bits per heavy atom. The maximum absolute atomic E-state index is 16.2. The average Bonchev–Trinajstić information content (AvgIpc) is 1.54. The molecule has 0 unspecified atom stereocenters. The topological polar surface area (TPSA) is 53.4 Å². The van der Waals surface area contributed by atoms with Gasteiger partial charge in [-0.25, -0.2) is 8.78 Å². The Morgan fingerprint density at radius 3 is 0.766 bits per heavy atom. The number of para-hydroxylation sites is 8. The minimum absolute atomic E-state index is 0.284. The highest BCUT2D eigenvalue weighted by Crippen LogP contribution is 2.46. The van der Waals surface area contributed by atoms with E-state index in [1.165, 1.54) is 12.1 Å². The Hall–Kier alpha value is -12.8. The van der Waals surface area contributed by atoms with E-state index >= 15 is 8.78 Å². The first-order valence-corrected chi connectivity index (χ1v) is 31.6. The van der Waals surface area contributed by atoms with E-state index in [1.54, 1.807) is 0 Å². The SMILES string of the molecule is N#Cc1c(-n2c3cc(-n4c5ccccc5c5ccccc54)ccc3c3ccc(-n4c5ccccc5c5ccccc54)cc32)ccc(-c2cc(F)cc(F)c2)c1-n1c2cc(-n3c4ccccc4c4ccccc43)ccc2c2ccc(-n3c4ccccc4c4ccccc43)cc21. The van der Waals surface area contributed by atoms with Crippen molar-refractivity contribution in [1.29, 1.82) is 5.26 Å². The van der Waals surface area contributed by atoms with Crippen LogP contribution < -0.4 is 0 Å². The smallest absolute Gasteiger partial charge is 0.126 e. The lowest BCUT2D eigenvalue weighted by Gasteiger charge is -2.21. The number of hydrogen-bond acceptors (Lipinski definition) is 1. The molecule has 0 saturated carbocycles. The second kappa shape index (κ2) is 19.6. The molecule has 0 radical (unpaired) electrons. The van der Waals surface area contributed by atoms with Crippen LogP contribution >= 0.6 is 0 Å². The standard InChI is InChI=1S/C85H49F2N7/c86-52-43-51(44-53(87)45-52)58-41-42-80(93-81-46-54(89-72-25-9-1-17-59(72)60-18-2-10-26-73(60)89)33-37-67(81)68-38-34-55(47-82(68)93)90-74-27-11-3-19-61(74)62-20-4-12-28-75(62)90)71(50-88)85(58)94-83-48-56(91-76-29-13-5-21-63(76)64-22-6-14-30-77(64)91)35-39-69(83)70-40-36-57(49-84(70)94)92-78-31-15-7-23-65(78)66-24-8-16-32-79(66)92/h1-49H. The number of halogens is 2. The normalized spacial score (nSPS) is 12.1. The van der Waals surface area contributed by atoms with E-state index in [-0.39, 0.29) is 5.56 Å². The van der Waals surface area contributed by atoms with Gasteiger partial charge < -0.3 is 27.4 Å². The number of rotatable bonds is 7. The predicted octanol–water partition coefficient (Wildman–Crippen LogP) is 22.1. The van der Waals surface area contributed by atoms with Crippen LogP contribution in [0.25, 0.3) is 176 Å². The van der Waals surface area contributed by atoms with Gasteiger partial charge in [-0.3, -0.25) is 0 Å². The Balaban J connectivity index is 0.944. The van der Waals surface area contributed by atoms with Crippen LogP contribution in [0.1, 0.15) is 5.56 Å². The van der Waals surface area contributed by atoms with Crippen molar-refractivity contribution in [2.24, 2.45) is 0 Å². The highest BCUT2D eigenvalue weighted by molar-refractivity contribution is 6.17. The number of nitriles is 1. The summed E-state index contributed by atoms with van der Waals surface area (Å²) < 4.78 is 46.2. The molecule has 6 aromatic heterocycles. The third-order valence-electron chi connectivity index (χ3n) is 19.7. The van der Waals surface area contributed by atoms with E-state index in [2.05, 4.69) is 300 Å². The fourth-order valence-corrected chi connectivity index (χ4v) is 15.9. The van der Waals surface area contributed by atoms with Crippen LogP contribution in [0, 0.1) is 23.0 Å². The van der Waals surface area contributed by atoms with Gasteiger partial charge in [0, 0.05) is 99.0 Å². The highest BCUT2D eigenvalue weighted by Gasteiger charge is 2.28. The molecule has 20 aromatic rings. The van der Waals surface area contributed by atoms with E-state index in [4.69, 9.17) is 0 Å². The molecule has 0 bridgehead atoms. The third-order valence-corrected chi connectivity index (χ3v) is 19.7. The summed E-state index contributed by atoms with van der Waals surface area (Å²) in [7, 11) is 0. The molecule has 20 rings (SSSR count). The lowest BCUT2D eigenvalue weighted by atomic mass is 9.97. The van der Waals surface area contributed by atoms with Gasteiger partial charge in [0.15, 0.2) is 0 Å². The van der Waals surface area contributed by atoms with Gasteiger partial charge in [0.1, 0.15) is 23.3 Å². The lowest BCUT2D eigenvalue weighted by molar-refractivity contribution is 0.584. The summed E-state index contributed by atoms with van der Waals surface area (Å²) in [6.07, 6.45) is 0. The van der Waals surface area contributed by atoms with Gasteiger partial charge in [0.2, 0.25) is 0 Å². The fraction of sp³-hybridized carbons (Fsp3) is 0. The average molecular weight is 1210 g/mol. The van der Waals surface area contributed by atoms with Crippen LogP contribution in [0.4, 0.5) is 8.78 Å². The van der Waals surface area contributed by atoms with Gasteiger partial charge in [-0.05, 0) is 121 Å². The Bertz CT molecular complexity index is 6160. The molecule has 6 heterocycles. The zero-order valence-electron chi connectivity index (χ0n) is 50.2. The number of aromatic nitrogens is 6. The molecular formula is C85H49F2N7. The summed E-state index contributed by atoms with van der Waals surface area (Å²) >= 11 is 0.